The monoisotopic (exact) mass is 391 g/mol. The van der Waals surface area contributed by atoms with Gasteiger partial charge in [-0.1, -0.05) is 13.0 Å². The average molecular weight is 391 g/mol. The molecule has 4 rings (SSSR count). The van der Waals surface area contributed by atoms with Gasteiger partial charge in [0.1, 0.15) is 11.2 Å². The van der Waals surface area contributed by atoms with Gasteiger partial charge in [-0.05, 0) is 44.0 Å². The van der Waals surface area contributed by atoms with E-state index in [9.17, 15) is 9.59 Å². The predicted octanol–water partition coefficient (Wildman–Crippen LogP) is 2.57. The lowest BCUT2D eigenvalue weighted by Crippen LogP contribution is -2.18. The molecule has 0 aliphatic heterocycles. The smallest absolute Gasteiger partial charge is 0.263 e. The second-order valence-electron chi connectivity index (χ2n) is 6.94. The van der Waals surface area contributed by atoms with E-state index in [4.69, 9.17) is 0 Å². The number of benzene rings is 1. The predicted molar refractivity (Wildman–Crippen MR) is 110 cm³/mol. The van der Waals surface area contributed by atoms with E-state index in [0.29, 0.717) is 29.0 Å². The van der Waals surface area contributed by atoms with E-state index in [1.807, 2.05) is 32.0 Å². The lowest BCUT2D eigenvalue weighted by molar-refractivity contribution is -0.115. The number of hydrogen-bond acceptors (Lipinski definition) is 5. The van der Waals surface area contributed by atoms with Gasteiger partial charge in [-0.3, -0.25) is 14.6 Å². The maximum Gasteiger partial charge on any atom is 0.263 e. The number of aromatic nitrogens is 6. The molecule has 0 aliphatic carbocycles. The number of carbonyl (C=O) groups is 1. The van der Waals surface area contributed by atoms with E-state index in [2.05, 4.69) is 25.5 Å². The Morgan fingerprint density at radius 3 is 2.66 bits per heavy atom. The highest BCUT2D eigenvalue weighted by Gasteiger charge is 2.16. The quantitative estimate of drug-likeness (QED) is 0.555. The zero-order chi connectivity index (χ0) is 20.7. The first-order valence-corrected chi connectivity index (χ1v) is 9.30. The summed E-state index contributed by atoms with van der Waals surface area (Å²) in [5.41, 5.74) is 3.85. The van der Waals surface area contributed by atoms with Crippen LogP contribution in [-0.2, 0) is 4.79 Å². The minimum atomic E-state index is -0.332. The van der Waals surface area contributed by atoms with Gasteiger partial charge < -0.3 is 5.32 Å². The van der Waals surface area contributed by atoms with Crippen molar-refractivity contribution in [2.75, 3.05) is 5.32 Å². The molecular weight excluding hydrogens is 370 g/mol. The summed E-state index contributed by atoms with van der Waals surface area (Å²) in [6.07, 6.45) is 1.82. The highest BCUT2D eigenvalue weighted by Crippen LogP contribution is 2.19. The number of carbonyl (C=O) groups excluding carboxylic acids is 1. The molecule has 0 bridgehead atoms. The van der Waals surface area contributed by atoms with Crippen molar-refractivity contribution in [3.8, 4) is 11.6 Å². The zero-order valence-electron chi connectivity index (χ0n) is 16.6. The van der Waals surface area contributed by atoms with Gasteiger partial charge in [0, 0.05) is 12.5 Å². The number of aromatic amines is 1. The van der Waals surface area contributed by atoms with Crippen LogP contribution in [0.25, 0.3) is 22.7 Å². The highest BCUT2D eigenvalue weighted by atomic mass is 16.1. The molecule has 2 N–H and O–H groups in total. The molecule has 0 aliphatic rings. The highest BCUT2D eigenvalue weighted by molar-refractivity contribution is 5.90. The molecule has 0 saturated carbocycles. The van der Waals surface area contributed by atoms with E-state index in [1.54, 1.807) is 24.6 Å². The van der Waals surface area contributed by atoms with Crippen LogP contribution in [0.15, 0.2) is 35.3 Å². The fourth-order valence-electron chi connectivity index (χ4n) is 3.03. The molecular formula is C20H21N7O2. The Morgan fingerprint density at radius 2 is 1.93 bits per heavy atom. The van der Waals surface area contributed by atoms with E-state index in [-0.39, 0.29) is 17.4 Å². The van der Waals surface area contributed by atoms with Crippen LogP contribution in [0.5, 0.6) is 0 Å². The molecule has 3 aromatic heterocycles. The van der Waals surface area contributed by atoms with Crippen LogP contribution < -0.4 is 10.9 Å². The Morgan fingerprint density at radius 1 is 1.14 bits per heavy atom. The standard InChI is InChI=1S/C20H21N7O2/c1-5-17(28)22-16-9-13(4)25-27(16)20-23-18-15(19(29)24-20)10-21-26(18)14-7-6-11(2)12(3)8-14/h6-10H,5H2,1-4H3,(H,22,28)(H,23,24,29). The molecule has 0 spiro atoms. The van der Waals surface area contributed by atoms with Crippen molar-refractivity contribution >= 4 is 22.8 Å². The SMILES string of the molecule is CCC(=O)Nc1cc(C)nn1-c1nc2c(cnn2-c2ccc(C)c(C)c2)c(=O)[nH]1. The van der Waals surface area contributed by atoms with Gasteiger partial charge >= 0.3 is 0 Å². The van der Waals surface area contributed by atoms with E-state index < -0.39 is 0 Å². The fourth-order valence-corrected chi connectivity index (χ4v) is 3.03. The van der Waals surface area contributed by atoms with Crippen LogP contribution in [0.1, 0.15) is 30.2 Å². The number of nitrogens with one attached hydrogen (secondary N) is 2. The maximum atomic E-state index is 12.7. The molecule has 0 unspecified atom stereocenters. The number of amides is 1. The summed E-state index contributed by atoms with van der Waals surface area (Å²) in [4.78, 5) is 31.8. The van der Waals surface area contributed by atoms with Crippen molar-refractivity contribution < 1.29 is 4.79 Å². The van der Waals surface area contributed by atoms with Crippen molar-refractivity contribution in [3.63, 3.8) is 0 Å². The molecule has 0 saturated heterocycles. The van der Waals surface area contributed by atoms with Gasteiger partial charge in [0.05, 0.1) is 17.6 Å². The third-order valence-electron chi connectivity index (χ3n) is 4.78. The second-order valence-corrected chi connectivity index (χ2v) is 6.94. The topological polar surface area (TPSA) is 110 Å². The van der Waals surface area contributed by atoms with Crippen LogP contribution in [0.2, 0.25) is 0 Å². The van der Waals surface area contributed by atoms with Gasteiger partial charge in [-0.2, -0.15) is 19.9 Å². The van der Waals surface area contributed by atoms with Crippen LogP contribution in [0.3, 0.4) is 0 Å². The van der Waals surface area contributed by atoms with Crippen LogP contribution >= 0.6 is 0 Å². The Hall–Kier alpha value is -3.75. The minimum absolute atomic E-state index is 0.158. The van der Waals surface area contributed by atoms with Crippen molar-refractivity contribution in [1.29, 1.82) is 0 Å². The number of fused-ring (bicyclic) bond motifs is 1. The second kappa shape index (κ2) is 7.01. The molecule has 1 amide bonds. The van der Waals surface area contributed by atoms with Gasteiger partial charge in [0.15, 0.2) is 5.65 Å². The lowest BCUT2D eigenvalue weighted by atomic mass is 10.1. The first kappa shape index (κ1) is 18.6. The first-order chi connectivity index (χ1) is 13.9. The zero-order valence-corrected chi connectivity index (χ0v) is 16.6. The average Bonchev–Trinajstić information content (AvgIpc) is 3.27. The molecule has 9 nitrogen and oxygen atoms in total. The Balaban J connectivity index is 1.89. The summed E-state index contributed by atoms with van der Waals surface area (Å²) >= 11 is 0. The van der Waals surface area contributed by atoms with Crippen molar-refractivity contribution in [2.24, 2.45) is 0 Å². The summed E-state index contributed by atoms with van der Waals surface area (Å²) in [6.45, 7) is 7.62. The largest absolute Gasteiger partial charge is 0.310 e. The molecule has 0 atom stereocenters. The maximum absolute atomic E-state index is 12.7. The Labute approximate surface area is 166 Å². The van der Waals surface area contributed by atoms with Gasteiger partial charge in [-0.15, -0.1) is 0 Å². The number of H-pyrrole nitrogens is 1. The molecule has 0 fully saturated rings. The molecule has 3 heterocycles. The molecule has 1 aromatic carbocycles. The number of aryl methyl sites for hydroxylation is 3. The summed E-state index contributed by atoms with van der Waals surface area (Å²) in [7, 11) is 0. The first-order valence-electron chi connectivity index (χ1n) is 9.30. The number of rotatable bonds is 4. The van der Waals surface area contributed by atoms with Gasteiger partial charge in [-0.25, -0.2) is 4.68 Å². The van der Waals surface area contributed by atoms with E-state index >= 15 is 0 Å². The molecule has 0 radical (unpaired) electrons. The molecule has 4 aromatic rings. The normalized spacial score (nSPS) is 11.2. The Bertz CT molecular complexity index is 1300. The third-order valence-corrected chi connectivity index (χ3v) is 4.78. The van der Waals surface area contributed by atoms with Crippen molar-refractivity contribution in [3.05, 3.63) is 57.6 Å². The van der Waals surface area contributed by atoms with Crippen molar-refractivity contribution in [2.45, 2.75) is 34.1 Å². The fraction of sp³-hybridized carbons (Fsp3) is 0.250. The lowest BCUT2D eigenvalue weighted by Gasteiger charge is -2.09. The van der Waals surface area contributed by atoms with E-state index in [0.717, 1.165) is 11.3 Å². The molecule has 9 heteroatoms. The van der Waals surface area contributed by atoms with Crippen LogP contribution in [0, 0.1) is 20.8 Å². The third kappa shape index (κ3) is 3.31. The number of hydrogen-bond donors (Lipinski definition) is 2. The van der Waals surface area contributed by atoms with Crippen LogP contribution in [0.4, 0.5) is 5.82 Å². The van der Waals surface area contributed by atoms with E-state index in [1.165, 1.54) is 16.4 Å². The Kier molecular flexibility index (Phi) is 4.50. The molecule has 29 heavy (non-hydrogen) atoms. The number of anilines is 1. The van der Waals surface area contributed by atoms with Crippen molar-refractivity contribution in [1.82, 2.24) is 29.5 Å². The molecule has 148 valence electrons. The van der Waals surface area contributed by atoms with Gasteiger partial charge in [0.2, 0.25) is 11.9 Å². The summed E-state index contributed by atoms with van der Waals surface area (Å²) < 4.78 is 3.04. The summed E-state index contributed by atoms with van der Waals surface area (Å²) in [5.74, 6) is 0.483. The minimum Gasteiger partial charge on any atom is -0.310 e. The summed E-state index contributed by atoms with van der Waals surface area (Å²) in [5, 5.41) is 11.9. The van der Waals surface area contributed by atoms with Gasteiger partial charge in [0.25, 0.3) is 5.56 Å². The summed E-state index contributed by atoms with van der Waals surface area (Å²) in [6, 6.07) is 7.65. The van der Waals surface area contributed by atoms with Crippen LogP contribution in [-0.4, -0.2) is 35.4 Å². The number of nitrogens with zero attached hydrogens (tertiary/aromatic N) is 5.